The second-order valence-corrected chi connectivity index (χ2v) is 40.9. The van der Waals surface area contributed by atoms with Crippen LogP contribution < -0.4 is 22.8 Å². The maximum Gasteiger partial charge on any atom is 0.223 e. The average Bonchev–Trinajstić information content (AvgIpc) is 0.924. The molecule has 0 atom stereocenters. The Labute approximate surface area is 801 Å². The van der Waals surface area contributed by atoms with Gasteiger partial charge in [-0.05, 0) is 366 Å². The molecule has 133 heavy (non-hydrogen) atoms. The lowest BCUT2D eigenvalue weighted by molar-refractivity contribution is -0.665. The highest BCUT2D eigenvalue weighted by atomic mass is 19.1. The first kappa shape index (κ1) is 89.2. The van der Waals surface area contributed by atoms with E-state index < -0.39 is 0 Å². The van der Waals surface area contributed by atoms with Crippen molar-refractivity contribution in [2.24, 2.45) is 35.2 Å². The third kappa shape index (κ3) is 18.7. The summed E-state index contributed by atoms with van der Waals surface area (Å²) in [5.41, 5.74) is 42.7. The Morgan fingerprint density at radius 3 is 1.00 bits per heavy atom. The maximum atomic E-state index is 15.2. The van der Waals surface area contributed by atoms with Gasteiger partial charge in [-0.3, -0.25) is 0 Å². The number of benzene rings is 11. The molecule has 4 aliphatic rings. The van der Waals surface area contributed by atoms with Crippen molar-refractivity contribution in [2.75, 3.05) is 0 Å². The highest BCUT2D eigenvalue weighted by Crippen LogP contribution is 2.52. The van der Waals surface area contributed by atoms with Crippen LogP contribution in [0.2, 0.25) is 0 Å². The van der Waals surface area contributed by atoms with E-state index in [2.05, 4.69) is 303 Å². The second kappa shape index (κ2) is 38.7. The van der Waals surface area contributed by atoms with Gasteiger partial charge in [-0.15, -0.1) is 0 Å². The van der Waals surface area contributed by atoms with Crippen LogP contribution in [0.5, 0.6) is 0 Å². The average molecular weight is 1770 g/mol. The molecular formula is C126H146F2N5+5. The van der Waals surface area contributed by atoms with E-state index in [0.29, 0.717) is 82.1 Å². The van der Waals surface area contributed by atoms with Crippen molar-refractivity contribution in [3.05, 3.63) is 345 Å². The fraction of sp³-hybridized carbons (Fsp3) is 0.357. The third-order valence-corrected chi connectivity index (χ3v) is 30.3. The summed E-state index contributed by atoms with van der Waals surface area (Å²) >= 11 is 0. The molecule has 684 valence electrons. The molecule has 1 fully saturated rings. The Bertz CT molecular complexity index is 7580. The monoisotopic (exact) mass is 1770 g/mol. The number of hydrogen-bond donors (Lipinski definition) is 0. The van der Waals surface area contributed by atoms with Crippen LogP contribution in [-0.2, 0) is 48.1 Å². The molecule has 4 aliphatic carbocycles. The molecule has 0 spiro atoms. The summed E-state index contributed by atoms with van der Waals surface area (Å²) in [7, 11) is 10.2. The number of aryl methyl sites for hydroxylation is 10. The van der Waals surface area contributed by atoms with Gasteiger partial charge in [-0.2, -0.15) is 22.8 Å². The van der Waals surface area contributed by atoms with Crippen LogP contribution >= 0.6 is 0 Å². The SMILES string of the molecule is [2H]c1c(C)[n+](C)c(-c2c(C)c(C)cc(C)c2F)c2ccc(C(C)C)cc12.[2H]c1c(C)[n+](C)c(-c2cc(C)c(F)c(C)c2C)c2ccc(C(C)C)cc12.[2H]c1c(C)[n+](C)c(-c2cc3c(cc2C)C2CCC3CC2)c2ccc(C(C)C)cc12.[2H]c1c(C)[n+](C)c(-c2cc3c(cc2C)CCC3)c2ccc(C(C)C)cc12.[2H]c1c(C)[n+](C)c(-c2ccc(-c3c(C)cccc3C)cc2C)c2ccc(C(C)C)cc12. The van der Waals surface area contributed by atoms with Crippen LogP contribution in [0.3, 0.4) is 0 Å². The summed E-state index contributed by atoms with van der Waals surface area (Å²) < 4.78 is 83.7. The van der Waals surface area contributed by atoms with E-state index in [1.54, 1.807) is 11.1 Å². The molecule has 16 aromatic rings. The minimum Gasteiger partial charge on any atom is -0.206 e. The normalized spacial score (nSPS) is 14.4. The largest absolute Gasteiger partial charge is 0.223 e. The Balaban J connectivity index is 0.000000131. The van der Waals surface area contributed by atoms with E-state index in [9.17, 15) is 4.39 Å². The van der Waals surface area contributed by atoms with E-state index in [1.807, 2.05) is 99.2 Å². The molecule has 0 aliphatic heterocycles. The summed E-state index contributed by atoms with van der Waals surface area (Å²) in [6.45, 7) is 54.5. The van der Waals surface area contributed by atoms with Gasteiger partial charge in [0.05, 0.1) is 56.0 Å². The lowest BCUT2D eigenvalue weighted by atomic mass is 9.66. The van der Waals surface area contributed by atoms with Crippen LogP contribution in [0.4, 0.5) is 8.78 Å². The molecule has 2 bridgehead atoms. The van der Waals surface area contributed by atoms with Crippen molar-refractivity contribution in [1.29, 1.82) is 0 Å². The van der Waals surface area contributed by atoms with Crippen molar-refractivity contribution in [3.8, 4) is 67.4 Å². The third-order valence-electron chi connectivity index (χ3n) is 30.3. The molecule has 5 nitrogen and oxygen atoms in total. The van der Waals surface area contributed by atoms with Gasteiger partial charge in [0.2, 0.25) is 28.5 Å². The summed E-state index contributed by atoms with van der Waals surface area (Å²) in [6, 6.07) is 62.6. The van der Waals surface area contributed by atoms with Crippen molar-refractivity contribution in [2.45, 2.75) is 266 Å². The Kier molecular flexibility index (Phi) is 26.0. The molecule has 0 saturated heterocycles. The number of halogens is 2. The van der Waals surface area contributed by atoms with Crippen LogP contribution in [0.1, 0.15) is 289 Å². The van der Waals surface area contributed by atoms with Gasteiger partial charge in [0, 0.05) is 70.4 Å². The highest BCUT2D eigenvalue weighted by Gasteiger charge is 2.36. The van der Waals surface area contributed by atoms with Crippen LogP contribution in [-0.4, -0.2) is 0 Å². The number of fused-ring (bicyclic) bond motifs is 8. The molecule has 0 radical (unpaired) electrons. The Hall–Kier alpha value is -11.7. The predicted molar refractivity (Wildman–Crippen MR) is 560 cm³/mol. The summed E-state index contributed by atoms with van der Waals surface area (Å²) in [5, 5.41) is 10.5. The van der Waals surface area contributed by atoms with E-state index in [-0.39, 0.29) is 11.6 Å². The quantitative estimate of drug-likeness (QED) is 0.115. The molecule has 0 N–H and O–H groups in total. The standard InChI is InChI=1S/C29H32N.C27H32N.C24H28N.2C23H27FN/c1-18(2)23-11-14-27-25(17-23)16-22(6)30(7)29(27)26-13-12-24(15-21(26)5)28-19(3)9-8-10-20(28)4;1-16(2)21-10-11-23-22(14-21)13-18(4)28(5)27(23)24-15-26-20-8-6-19(7-9-20)25(26)12-17(24)3;1-15(2)18-9-10-22-21(13-18)12-17(4)25(5)24(22)23-14-20-8-6-7-19(20)11-16(23)3;1-13(2)18-8-9-20-19(12-18)11-15(4)25(7)23(20)21-10-14(3)22(24)17(6)16(21)5;1-13(2)18-8-9-20-19(12-18)11-16(5)25(7)23(20)21-17(6)14(3)10-15(4)22(21)24/h8-18H,1-7H3;10-16,19-20H,6-9H2,1-5H3;9-15H,6-8H2,1-5H3;2*8-13H,1-7H3/q5*+1/i16D;13D;12D;2*11D. The first-order chi connectivity index (χ1) is 65.2. The molecule has 5 aromatic heterocycles. The van der Waals surface area contributed by atoms with Gasteiger partial charge in [-0.25, -0.2) is 8.78 Å². The molecule has 0 amide bonds. The zero-order valence-corrected chi connectivity index (χ0v) is 85.6. The minimum atomic E-state index is -0.171. The van der Waals surface area contributed by atoms with Gasteiger partial charge < -0.3 is 0 Å². The first-order valence-electron chi connectivity index (χ1n) is 51.4. The van der Waals surface area contributed by atoms with Crippen molar-refractivity contribution >= 4 is 53.9 Å². The highest BCUT2D eigenvalue weighted by molar-refractivity contribution is 5.99. The minimum absolute atomic E-state index is 0.130. The van der Waals surface area contributed by atoms with Crippen LogP contribution in [0, 0.1) is 122 Å². The lowest BCUT2D eigenvalue weighted by Gasteiger charge is -2.38. The molecule has 20 rings (SSSR count). The van der Waals surface area contributed by atoms with Crippen molar-refractivity contribution in [3.63, 3.8) is 0 Å². The zero-order chi connectivity index (χ0) is 100. The molecule has 11 aromatic carbocycles. The summed E-state index contributed by atoms with van der Waals surface area (Å²) in [6.07, 6.45) is 9.14. The van der Waals surface area contributed by atoms with Gasteiger partial charge in [0.1, 0.15) is 46.9 Å². The molecule has 7 heteroatoms. The van der Waals surface area contributed by atoms with E-state index in [4.69, 9.17) is 6.85 Å². The second-order valence-electron chi connectivity index (χ2n) is 40.9. The number of hydrogen-bond acceptors (Lipinski definition) is 0. The first-order valence-corrected chi connectivity index (χ1v) is 48.9. The number of nitrogens with zero attached hydrogens (tertiary/aromatic N) is 5. The molecule has 1 saturated carbocycles. The van der Waals surface area contributed by atoms with Crippen LogP contribution in [0.25, 0.3) is 121 Å². The fourth-order valence-corrected chi connectivity index (χ4v) is 21.3. The maximum absolute atomic E-state index is 15.2. The van der Waals surface area contributed by atoms with Crippen molar-refractivity contribution in [1.82, 2.24) is 0 Å². The number of rotatable bonds is 11. The summed E-state index contributed by atoms with van der Waals surface area (Å²) in [5.74, 6) is 3.40. The van der Waals surface area contributed by atoms with E-state index >= 15 is 4.39 Å². The van der Waals surface area contributed by atoms with Gasteiger partial charge in [0.25, 0.3) is 0 Å². The lowest BCUT2D eigenvalue weighted by Crippen LogP contribution is -2.35. The van der Waals surface area contributed by atoms with E-state index in [1.165, 1.54) is 167 Å². The Morgan fingerprint density at radius 1 is 0.278 bits per heavy atom. The smallest absolute Gasteiger partial charge is 0.206 e. The van der Waals surface area contributed by atoms with Crippen molar-refractivity contribution < 1.29 is 38.5 Å². The van der Waals surface area contributed by atoms with Crippen LogP contribution in [0.15, 0.2) is 194 Å². The fourth-order valence-electron chi connectivity index (χ4n) is 21.3. The van der Waals surface area contributed by atoms with Gasteiger partial charge in [-0.1, -0.05) is 178 Å². The predicted octanol–water partition coefficient (Wildman–Crippen LogP) is 31.4. The Morgan fingerprint density at radius 2 is 0.609 bits per heavy atom. The van der Waals surface area contributed by atoms with Gasteiger partial charge >= 0.3 is 0 Å². The molecular weight excluding hydrogens is 1620 g/mol. The number of pyridine rings is 5. The van der Waals surface area contributed by atoms with E-state index in [0.717, 1.165) is 117 Å². The van der Waals surface area contributed by atoms with Gasteiger partial charge in [0.15, 0.2) is 28.5 Å². The summed E-state index contributed by atoms with van der Waals surface area (Å²) in [4.78, 5) is 0. The molecule has 5 heterocycles. The zero-order valence-electron chi connectivity index (χ0n) is 90.6. The topological polar surface area (TPSA) is 19.4 Å². The molecule has 0 unspecified atom stereocenters. The number of aromatic nitrogens is 5.